The Morgan fingerprint density at radius 2 is 1.91 bits per heavy atom. The van der Waals surface area contributed by atoms with Crippen molar-refractivity contribution in [3.8, 4) is 10.6 Å². The van der Waals surface area contributed by atoms with E-state index in [1.807, 2.05) is 4.90 Å². The normalized spacial score (nSPS) is 23.8. The summed E-state index contributed by atoms with van der Waals surface area (Å²) in [4.78, 5) is 18.9. The maximum Gasteiger partial charge on any atom is 0.273 e. The molecule has 0 bridgehead atoms. The summed E-state index contributed by atoms with van der Waals surface area (Å²) in [5.74, 6) is 0.908. The third-order valence-corrected chi connectivity index (χ3v) is 5.38. The third kappa shape index (κ3) is 2.42. The van der Waals surface area contributed by atoms with Crippen molar-refractivity contribution in [2.75, 3.05) is 26.2 Å². The first-order valence-corrected chi connectivity index (χ1v) is 8.30. The van der Waals surface area contributed by atoms with Crippen LogP contribution in [0.4, 0.5) is 4.39 Å². The molecule has 1 aromatic heterocycles. The van der Waals surface area contributed by atoms with E-state index in [1.165, 1.54) is 23.5 Å². The molecule has 2 atom stereocenters. The highest BCUT2D eigenvalue weighted by atomic mass is 32.1. The summed E-state index contributed by atoms with van der Waals surface area (Å²) in [5, 5.41) is 5.92. The fraction of sp³-hybridized carbons (Fsp3) is 0.375. The van der Waals surface area contributed by atoms with Crippen molar-refractivity contribution in [1.82, 2.24) is 15.2 Å². The van der Waals surface area contributed by atoms with Gasteiger partial charge in [-0.25, -0.2) is 9.37 Å². The largest absolute Gasteiger partial charge is 0.337 e. The van der Waals surface area contributed by atoms with Gasteiger partial charge >= 0.3 is 0 Å². The lowest BCUT2D eigenvalue weighted by molar-refractivity contribution is 0.0777. The number of aromatic nitrogens is 1. The molecular weight excluding hydrogens is 301 g/mol. The van der Waals surface area contributed by atoms with E-state index in [0.29, 0.717) is 17.5 Å². The number of benzene rings is 1. The number of rotatable bonds is 2. The number of thiazole rings is 1. The van der Waals surface area contributed by atoms with E-state index >= 15 is 0 Å². The van der Waals surface area contributed by atoms with Gasteiger partial charge in [-0.3, -0.25) is 4.79 Å². The van der Waals surface area contributed by atoms with Gasteiger partial charge in [-0.1, -0.05) is 0 Å². The van der Waals surface area contributed by atoms with Gasteiger partial charge in [0, 0.05) is 37.1 Å². The highest BCUT2D eigenvalue weighted by molar-refractivity contribution is 7.13. The van der Waals surface area contributed by atoms with Crippen LogP contribution >= 0.6 is 11.3 Å². The molecule has 1 aromatic carbocycles. The number of hydrogen-bond acceptors (Lipinski definition) is 4. The molecule has 0 spiro atoms. The zero-order valence-corrected chi connectivity index (χ0v) is 12.8. The SMILES string of the molecule is O=C(c1csc(-c2ccc(F)cc2)n1)N1C[C@H]2CNC[C@H]2C1. The standard InChI is InChI=1S/C16H16FN3OS/c17-13-3-1-10(2-4-13)15-19-14(9-22-15)16(21)20-7-11-5-18-6-12(11)8-20/h1-4,9,11-12,18H,5-8H2/t11-,12+. The second-order valence-electron chi connectivity index (χ2n) is 5.93. The smallest absolute Gasteiger partial charge is 0.273 e. The number of carbonyl (C=O) groups is 1. The van der Waals surface area contributed by atoms with E-state index in [0.717, 1.165) is 36.8 Å². The Kier molecular flexibility index (Phi) is 3.43. The van der Waals surface area contributed by atoms with Crippen molar-refractivity contribution >= 4 is 17.2 Å². The molecule has 6 heteroatoms. The predicted octanol–water partition coefficient (Wildman–Crippen LogP) is 2.24. The van der Waals surface area contributed by atoms with Crippen LogP contribution in [-0.4, -0.2) is 42.0 Å². The summed E-state index contributed by atoms with van der Waals surface area (Å²) >= 11 is 1.42. The molecule has 2 aliphatic rings. The maximum atomic E-state index is 13.0. The summed E-state index contributed by atoms with van der Waals surface area (Å²) in [6.45, 7) is 3.65. The molecule has 114 valence electrons. The lowest BCUT2D eigenvalue weighted by Crippen LogP contribution is -2.32. The molecule has 3 heterocycles. The summed E-state index contributed by atoms with van der Waals surface area (Å²) < 4.78 is 13.0. The molecule has 1 N–H and O–H groups in total. The van der Waals surface area contributed by atoms with Gasteiger partial charge in [0.15, 0.2) is 0 Å². The van der Waals surface area contributed by atoms with E-state index in [1.54, 1.807) is 17.5 Å². The second-order valence-corrected chi connectivity index (χ2v) is 6.79. The minimum Gasteiger partial charge on any atom is -0.337 e. The van der Waals surface area contributed by atoms with Gasteiger partial charge in [-0.05, 0) is 36.1 Å². The molecule has 2 aliphatic heterocycles. The Labute approximate surface area is 132 Å². The number of nitrogens with zero attached hydrogens (tertiary/aromatic N) is 2. The monoisotopic (exact) mass is 317 g/mol. The zero-order chi connectivity index (χ0) is 15.1. The molecule has 1 amide bonds. The molecule has 22 heavy (non-hydrogen) atoms. The number of carbonyl (C=O) groups excluding carboxylic acids is 1. The van der Waals surface area contributed by atoms with Crippen molar-refractivity contribution in [3.05, 3.63) is 41.2 Å². The number of nitrogens with one attached hydrogen (secondary N) is 1. The number of halogens is 1. The van der Waals surface area contributed by atoms with Crippen LogP contribution < -0.4 is 5.32 Å². The van der Waals surface area contributed by atoms with Gasteiger partial charge in [0.2, 0.25) is 0 Å². The van der Waals surface area contributed by atoms with Crippen molar-refractivity contribution in [1.29, 1.82) is 0 Å². The van der Waals surface area contributed by atoms with Gasteiger partial charge in [0.1, 0.15) is 16.5 Å². The molecule has 2 fully saturated rings. The lowest BCUT2D eigenvalue weighted by Gasteiger charge is -2.15. The third-order valence-electron chi connectivity index (χ3n) is 4.49. The Morgan fingerprint density at radius 1 is 1.23 bits per heavy atom. The highest BCUT2D eigenvalue weighted by Gasteiger charge is 2.38. The van der Waals surface area contributed by atoms with Gasteiger partial charge < -0.3 is 10.2 Å². The van der Waals surface area contributed by atoms with Crippen molar-refractivity contribution in [3.63, 3.8) is 0 Å². The quantitative estimate of drug-likeness (QED) is 0.924. The first-order valence-electron chi connectivity index (χ1n) is 7.42. The fourth-order valence-electron chi connectivity index (χ4n) is 3.28. The molecule has 2 aromatic rings. The number of amides is 1. The molecule has 4 nitrogen and oxygen atoms in total. The Morgan fingerprint density at radius 3 is 2.59 bits per heavy atom. The molecule has 2 saturated heterocycles. The highest BCUT2D eigenvalue weighted by Crippen LogP contribution is 2.29. The van der Waals surface area contributed by atoms with Crippen molar-refractivity contribution < 1.29 is 9.18 Å². The zero-order valence-electron chi connectivity index (χ0n) is 12.0. The molecule has 0 saturated carbocycles. The molecule has 0 aliphatic carbocycles. The van der Waals surface area contributed by atoms with Crippen LogP contribution in [0.1, 0.15) is 10.5 Å². The van der Waals surface area contributed by atoms with E-state index in [2.05, 4.69) is 10.3 Å². The topological polar surface area (TPSA) is 45.2 Å². The maximum absolute atomic E-state index is 13.0. The molecule has 4 rings (SSSR count). The van der Waals surface area contributed by atoms with Crippen LogP contribution in [0, 0.1) is 17.7 Å². The number of likely N-dealkylation sites (tertiary alicyclic amines) is 1. The average molecular weight is 317 g/mol. The van der Waals surface area contributed by atoms with Crippen molar-refractivity contribution in [2.24, 2.45) is 11.8 Å². The summed E-state index contributed by atoms with van der Waals surface area (Å²) in [5.41, 5.74) is 1.34. The molecular formula is C16H16FN3OS. The Bertz CT molecular complexity index is 688. The second kappa shape index (κ2) is 5.44. The minimum atomic E-state index is -0.270. The van der Waals surface area contributed by atoms with Crippen LogP contribution in [0.15, 0.2) is 29.6 Å². The predicted molar refractivity (Wildman–Crippen MR) is 83.3 cm³/mol. The van der Waals surface area contributed by atoms with Crippen LogP contribution in [-0.2, 0) is 0 Å². The van der Waals surface area contributed by atoms with Gasteiger partial charge in [0.25, 0.3) is 5.91 Å². The summed E-state index contributed by atoms with van der Waals surface area (Å²) in [7, 11) is 0. The van der Waals surface area contributed by atoms with Gasteiger partial charge in [-0.15, -0.1) is 11.3 Å². The molecule has 0 unspecified atom stereocenters. The van der Waals surface area contributed by atoms with Gasteiger partial charge in [-0.2, -0.15) is 0 Å². The van der Waals surface area contributed by atoms with Crippen molar-refractivity contribution in [2.45, 2.75) is 0 Å². The number of fused-ring (bicyclic) bond motifs is 1. The van der Waals surface area contributed by atoms with E-state index in [4.69, 9.17) is 0 Å². The Hall–Kier alpha value is -1.79. The van der Waals surface area contributed by atoms with Crippen LogP contribution in [0.2, 0.25) is 0 Å². The molecule has 0 radical (unpaired) electrons. The van der Waals surface area contributed by atoms with E-state index in [9.17, 15) is 9.18 Å². The van der Waals surface area contributed by atoms with E-state index < -0.39 is 0 Å². The first-order chi connectivity index (χ1) is 10.7. The number of hydrogen-bond donors (Lipinski definition) is 1. The average Bonchev–Trinajstić information content (AvgIpc) is 3.22. The first kappa shape index (κ1) is 13.8. The summed E-state index contributed by atoms with van der Waals surface area (Å²) in [6, 6.07) is 6.20. The van der Waals surface area contributed by atoms with Crippen LogP contribution in [0.25, 0.3) is 10.6 Å². The van der Waals surface area contributed by atoms with Crippen LogP contribution in [0.3, 0.4) is 0 Å². The Balaban J connectivity index is 1.51. The van der Waals surface area contributed by atoms with E-state index in [-0.39, 0.29) is 11.7 Å². The van der Waals surface area contributed by atoms with Crippen LogP contribution in [0.5, 0.6) is 0 Å². The lowest BCUT2D eigenvalue weighted by atomic mass is 10.0. The minimum absolute atomic E-state index is 0.0130. The fourth-order valence-corrected chi connectivity index (χ4v) is 4.08. The van der Waals surface area contributed by atoms with Gasteiger partial charge in [0.05, 0.1) is 0 Å². The summed E-state index contributed by atoms with van der Waals surface area (Å²) in [6.07, 6.45) is 0.